The lowest BCUT2D eigenvalue weighted by atomic mass is 10.1. The minimum absolute atomic E-state index is 0.0101. The maximum Gasteiger partial charge on any atom is 0.229 e. The van der Waals surface area contributed by atoms with Gasteiger partial charge < -0.3 is 10.6 Å². The molecule has 17 heavy (non-hydrogen) atoms. The maximum absolute atomic E-state index is 13.2. The highest BCUT2D eigenvalue weighted by atomic mass is 19.1. The van der Waals surface area contributed by atoms with Crippen molar-refractivity contribution in [1.29, 1.82) is 0 Å². The first-order chi connectivity index (χ1) is 8.06. The van der Waals surface area contributed by atoms with Crippen LogP contribution in [-0.2, 0) is 4.79 Å². The molecule has 0 saturated heterocycles. The summed E-state index contributed by atoms with van der Waals surface area (Å²) in [5.74, 6) is -0.461. The van der Waals surface area contributed by atoms with Gasteiger partial charge in [-0.05, 0) is 31.2 Å². The number of nitrogens with zero attached hydrogens (tertiary/aromatic N) is 1. The average molecular weight is 238 g/mol. The predicted octanol–water partition coefficient (Wildman–Crippen LogP) is 2.16. The van der Waals surface area contributed by atoms with E-state index in [9.17, 15) is 9.18 Å². The Morgan fingerprint density at radius 2 is 2.18 bits per heavy atom. The maximum atomic E-state index is 13.2. The van der Waals surface area contributed by atoms with Crippen LogP contribution in [0.4, 0.5) is 10.1 Å². The monoisotopic (exact) mass is 238 g/mol. The third kappa shape index (κ3) is 3.82. The number of benzene rings is 1. The number of hydrogen-bond donors (Lipinski definition) is 1. The van der Waals surface area contributed by atoms with Crippen LogP contribution in [0.2, 0.25) is 0 Å². The first kappa shape index (κ1) is 13.6. The molecule has 4 heteroatoms. The summed E-state index contributed by atoms with van der Waals surface area (Å²) in [6.45, 7) is 4.70. The van der Waals surface area contributed by atoms with Crippen LogP contribution >= 0.6 is 0 Å². The van der Waals surface area contributed by atoms with Crippen molar-refractivity contribution in [2.45, 2.75) is 20.3 Å². The second kappa shape index (κ2) is 6.35. The molecule has 0 saturated carbocycles. The standard InChI is InChI=1S/C13H19FN2O/c1-10(2)13(17)16(8-4-7-15)12-6-3-5-11(14)9-12/h3,5-6,9-10H,4,7-8,15H2,1-2H3. The molecular formula is C13H19FN2O. The van der Waals surface area contributed by atoms with Gasteiger partial charge in [-0.15, -0.1) is 0 Å². The quantitative estimate of drug-likeness (QED) is 0.854. The van der Waals surface area contributed by atoms with Crippen molar-refractivity contribution in [3.8, 4) is 0 Å². The number of hydrogen-bond acceptors (Lipinski definition) is 2. The van der Waals surface area contributed by atoms with Gasteiger partial charge in [0.05, 0.1) is 0 Å². The summed E-state index contributed by atoms with van der Waals surface area (Å²) in [5.41, 5.74) is 6.04. The van der Waals surface area contributed by atoms with Crippen molar-refractivity contribution in [3.63, 3.8) is 0 Å². The molecule has 1 aromatic rings. The van der Waals surface area contributed by atoms with Crippen LogP contribution in [0.1, 0.15) is 20.3 Å². The van der Waals surface area contributed by atoms with Gasteiger partial charge in [-0.25, -0.2) is 4.39 Å². The van der Waals surface area contributed by atoms with Gasteiger partial charge in [-0.2, -0.15) is 0 Å². The minimum atomic E-state index is -0.336. The number of anilines is 1. The van der Waals surface area contributed by atoms with E-state index >= 15 is 0 Å². The van der Waals surface area contributed by atoms with Crippen molar-refractivity contribution in [2.75, 3.05) is 18.0 Å². The van der Waals surface area contributed by atoms with Gasteiger partial charge in [0, 0.05) is 18.2 Å². The van der Waals surface area contributed by atoms with Crippen LogP contribution in [0, 0.1) is 11.7 Å². The summed E-state index contributed by atoms with van der Waals surface area (Å²) in [4.78, 5) is 13.6. The van der Waals surface area contributed by atoms with Crippen LogP contribution in [0.3, 0.4) is 0 Å². The molecule has 0 bridgehead atoms. The van der Waals surface area contributed by atoms with Gasteiger partial charge in [-0.1, -0.05) is 19.9 Å². The summed E-state index contributed by atoms with van der Waals surface area (Å²) in [5, 5.41) is 0. The summed E-state index contributed by atoms with van der Waals surface area (Å²) in [6, 6.07) is 6.08. The Labute approximate surface area is 101 Å². The molecule has 0 atom stereocenters. The molecule has 0 radical (unpaired) electrons. The fourth-order valence-corrected chi connectivity index (χ4v) is 1.57. The molecule has 0 aromatic heterocycles. The van der Waals surface area contributed by atoms with E-state index in [1.165, 1.54) is 12.1 Å². The van der Waals surface area contributed by atoms with E-state index in [0.717, 1.165) is 0 Å². The van der Waals surface area contributed by atoms with Crippen molar-refractivity contribution < 1.29 is 9.18 Å². The van der Waals surface area contributed by atoms with Crippen LogP contribution in [0.25, 0.3) is 0 Å². The number of amides is 1. The van der Waals surface area contributed by atoms with Crippen molar-refractivity contribution in [2.24, 2.45) is 11.7 Å². The van der Waals surface area contributed by atoms with E-state index in [4.69, 9.17) is 5.73 Å². The lowest BCUT2D eigenvalue weighted by Crippen LogP contribution is -2.36. The number of carbonyl (C=O) groups is 1. The van der Waals surface area contributed by atoms with Crippen molar-refractivity contribution in [1.82, 2.24) is 0 Å². The molecule has 1 rings (SSSR count). The number of nitrogens with two attached hydrogens (primary N) is 1. The highest BCUT2D eigenvalue weighted by molar-refractivity contribution is 5.94. The Morgan fingerprint density at radius 1 is 1.47 bits per heavy atom. The smallest absolute Gasteiger partial charge is 0.229 e. The van der Waals surface area contributed by atoms with Gasteiger partial charge in [0.25, 0.3) is 0 Å². The van der Waals surface area contributed by atoms with E-state index in [-0.39, 0.29) is 17.6 Å². The third-order valence-corrected chi connectivity index (χ3v) is 2.47. The molecule has 2 N–H and O–H groups in total. The van der Waals surface area contributed by atoms with Crippen LogP contribution < -0.4 is 10.6 Å². The summed E-state index contributed by atoms with van der Waals surface area (Å²) in [7, 11) is 0. The second-order valence-corrected chi connectivity index (χ2v) is 4.27. The molecule has 0 aliphatic rings. The SMILES string of the molecule is CC(C)C(=O)N(CCCN)c1cccc(F)c1. The molecule has 0 fully saturated rings. The third-order valence-electron chi connectivity index (χ3n) is 2.47. The lowest BCUT2D eigenvalue weighted by Gasteiger charge is -2.24. The first-order valence-corrected chi connectivity index (χ1v) is 5.83. The van der Waals surface area contributed by atoms with Gasteiger partial charge in [-0.3, -0.25) is 4.79 Å². The van der Waals surface area contributed by atoms with Gasteiger partial charge in [0.2, 0.25) is 5.91 Å². The Bertz CT molecular complexity index is 379. The van der Waals surface area contributed by atoms with E-state index < -0.39 is 0 Å². The van der Waals surface area contributed by atoms with Gasteiger partial charge in [0.15, 0.2) is 0 Å². The number of carbonyl (C=O) groups excluding carboxylic acids is 1. The molecule has 0 heterocycles. The zero-order chi connectivity index (χ0) is 12.8. The first-order valence-electron chi connectivity index (χ1n) is 5.83. The molecule has 1 aromatic carbocycles. The van der Waals surface area contributed by atoms with E-state index in [1.54, 1.807) is 17.0 Å². The Kier molecular flexibility index (Phi) is 5.10. The van der Waals surface area contributed by atoms with Crippen molar-refractivity contribution in [3.05, 3.63) is 30.1 Å². The summed E-state index contributed by atoms with van der Waals surface area (Å²) < 4.78 is 13.2. The normalized spacial score (nSPS) is 10.6. The predicted molar refractivity (Wildman–Crippen MR) is 67.3 cm³/mol. The van der Waals surface area contributed by atoms with Gasteiger partial charge >= 0.3 is 0 Å². The van der Waals surface area contributed by atoms with Crippen molar-refractivity contribution >= 4 is 11.6 Å². The minimum Gasteiger partial charge on any atom is -0.330 e. The fraction of sp³-hybridized carbons (Fsp3) is 0.462. The lowest BCUT2D eigenvalue weighted by molar-refractivity contribution is -0.121. The van der Waals surface area contributed by atoms with E-state index in [1.807, 2.05) is 13.8 Å². The highest BCUT2D eigenvalue weighted by Gasteiger charge is 2.18. The molecule has 94 valence electrons. The van der Waals surface area contributed by atoms with Crippen LogP contribution in [-0.4, -0.2) is 19.0 Å². The molecule has 0 unspecified atom stereocenters. The molecule has 0 spiro atoms. The fourth-order valence-electron chi connectivity index (χ4n) is 1.57. The molecule has 1 amide bonds. The van der Waals surface area contributed by atoms with E-state index in [2.05, 4.69) is 0 Å². The van der Waals surface area contributed by atoms with E-state index in [0.29, 0.717) is 25.2 Å². The largest absolute Gasteiger partial charge is 0.330 e. The summed E-state index contributed by atoms with van der Waals surface area (Å²) in [6.07, 6.45) is 0.703. The van der Waals surface area contributed by atoms with Crippen LogP contribution in [0.15, 0.2) is 24.3 Å². The number of halogens is 1. The van der Waals surface area contributed by atoms with Gasteiger partial charge in [0.1, 0.15) is 5.82 Å². The topological polar surface area (TPSA) is 46.3 Å². The average Bonchev–Trinajstić information content (AvgIpc) is 2.29. The Hall–Kier alpha value is -1.42. The number of rotatable bonds is 5. The highest BCUT2D eigenvalue weighted by Crippen LogP contribution is 2.18. The molecule has 0 aliphatic carbocycles. The molecular weight excluding hydrogens is 219 g/mol. The molecule has 0 aliphatic heterocycles. The second-order valence-electron chi connectivity index (χ2n) is 4.27. The Morgan fingerprint density at radius 3 is 2.71 bits per heavy atom. The van der Waals surface area contributed by atoms with Crippen LogP contribution in [0.5, 0.6) is 0 Å². The zero-order valence-corrected chi connectivity index (χ0v) is 10.3. The zero-order valence-electron chi connectivity index (χ0n) is 10.3. The Balaban J connectivity index is 2.93. The summed E-state index contributed by atoms with van der Waals surface area (Å²) >= 11 is 0. The molecule has 3 nitrogen and oxygen atoms in total.